The zero-order valence-corrected chi connectivity index (χ0v) is 8.25. The van der Waals surface area contributed by atoms with Gasteiger partial charge in [0, 0.05) is 18.3 Å². The number of aromatic nitrogens is 1. The third-order valence-corrected chi connectivity index (χ3v) is 1.82. The zero-order chi connectivity index (χ0) is 11.5. The molecular formula is C9H12F3N3. The Morgan fingerprint density at radius 3 is 2.67 bits per heavy atom. The van der Waals surface area contributed by atoms with Crippen molar-refractivity contribution >= 4 is 5.82 Å². The van der Waals surface area contributed by atoms with Crippen LogP contribution in [0.5, 0.6) is 0 Å². The van der Waals surface area contributed by atoms with Gasteiger partial charge in [0.05, 0.1) is 6.54 Å². The molecule has 0 saturated carbocycles. The maximum Gasteiger partial charge on any atom is 0.401 e. The molecule has 1 rings (SSSR count). The van der Waals surface area contributed by atoms with Crippen LogP contribution in [0, 0.1) is 0 Å². The quantitative estimate of drug-likeness (QED) is 0.840. The lowest BCUT2D eigenvalue weighted by molar-refractivity contribution is -0.144. The number of hydrogen-bond acceptors (Lipinski definition) is 3. The van der Waals surface area contributed by atoms with Crippen LogP contribution in [-0.2, 0) is 6.54 Å². The molecule has 0 radical (unpaired) electrons. The lowest BCUT2D eigenvalue weighted by atomic mass is 10.2. The van der Waals surface area contributed by atoms with Crippen LogP contribution in [0.25, 0.3) is 0 Å². The monoisotopic (exact) mass is 219 g/mol. The standard InChI is InChI=1S/C9H12F3N3/c1-15(6-9(10,11)12)5-7-3-2-4-14-8(7)13/h2-4H,5-6H2,1H3,(H2,13,14). The molecule has 0 unspecified atom stereocenters. The lowest BCUT2D eigenvalue weighted by Gasteiger charge is -2.18. The summed E-state index contributed by atoms with van der Waals surface area (Å²) >= 11 is 0. The highest BCUT2D eigenvalue weighted by Gasteiger charge is 2.29. The molecule has 0 fully saturated rings. The van der Waals surface area contributed by atoms with Gasteiger partial charge in [0.15, 0.2) is 0 Å². The molecule has 0 aromatic carbocycles. The van der Waals surface area contributed by atoms with E-state index in [0.717, 1.165) is 4.90 Å². The van der Waals surface area contributed by atoms with Gasteiger partial charge in [-0.15, -0.1) is 0 Å². The van der Waals surface area contributed by atoms with E-state index in [4.69, 9.17) is 5.73 Å². The first kappa shape index (κ1) is 11.8. The Kier molecular flexibility index (Phi) is 3.52. The number of nitrogen functional groups attached to an aromatic ring is 1. The summed E-state index contributed by atoms with van der Waals surface area (Å²) in [5, 5.41) is 0. The fourth-order valence-electron chi connectivity index (χ4n) is 1.24. The summed E-state index contributed by atoms with van der Waals surface area (Å²) in [7, 11) is 1.39. The van der Waals surface area contributed by atoms with Crippen molar-refractivity contribution in [3.63, 3.8) is 0 Å². The molecule has 0 atom stereocenters. The predicted octanol–water partition coefficient (Wildman–Crippen LogP) is 1.66. The Morgan fingerprint density at radius 1 is 1.47 bits per heavy atom. The molecule has 6 heteroatoms. The van der Waals surface area contributed by atoms with Crippen LogP contribution in [-0.4, -0.2) is 29.7 Å². The molecule has 0 spiro atoms. The van der Waals surface area contributed by atoms with Crippen molar-refractivity contribution in [2.45, 2.75) is 12.7 Å². The average molecular weight is 219 g/mol. The molecule has 0 bridgehead atoms. The van der Waals surface area contributed by atoms with E-state index in [1.807, 2.05) is 0 Å². The Bertz CT molecular complexity index is 325. The summed E-state index contributed by atoms with van der Waals surface area (Å²) in [5.74, 6) is 0.270. The minimum Gasteiger partial charge on any atom is -0.383 e. The van der Waals surface area contributed by atoms with Crippen LogP contribution >= 0.6 is 0 Å². The number of pyridine rings is 1. The lowest BCUT2D eigenvalue weighted by Crippen LogP contribution is -2.30. The maximum atomic E-state index is 12.0. The Balaban J connectivity index is 2.59. The van der Waals surface area contributed by atoms with Crippen LogP contribution in [0.15, 0.2) is 18.3 Å². The number of nitrogens with two attached hydrogens (primary N) is 1. The molecule has 0 saturated heterocycles. The van der Waals surface area contributed by atoms with E-state index in [-0.39, 0.29) is 12.4 Å². The van der Waals surface area contributed by atoms with Crippen molar-refractivity contribution in [2.24, 2.45) is 0 Å². The molecule has 1 aromatic rings. The van der Waals surface area contributed by atoms with Crippen molar-refractivity contribution in [3.8, 4) is 0 Å². The fraction of sp³-hybridized carbons (Fsp3) is 0.444. The molecule has 84 valence electrons. The summed E-state index contributed by atoms with van der Waals surface area (Å²) in [6, 6.07) is 3.31. The van der Waals surface area contributed by atoms with Gasteiger partial charge < -0.3 is 5.73 Å². The van der Waals surface area contributed by atoms with Gasteiger partial charge in [-0.3, -0.25) is 4.90 Å². The smallest absolute Gasteiger partial charge is 0.383 e. The summed E-state index contributed by atoms with van der Waals surface area (Å²) in [6.07, 6.45) is -2.69. The van der Waals surface area contributed by atoms with E-state index in [9.17, 15) is 13.2 Å². The summed E-state index contributed by atoms with van der Waals surface area (Å²) in [5.41, 5.74) is 6.11. The van der Waals surface area contributed by atoms with E-state index in [2.05, 4.69) is 4.98 Å². The van der Waals surface area contributed by atoms with Crippen LogP contribution in [0.2, 0.25) is 0 Å². The predicted molar refractivity (Wildman–Crippen MR) is 51.0 cm³/mol. The number of halogens is 3. The molecule has 0 amide bonds. The maximum absolute atomic E-state index is 12.0. The molecule has 1 heterocycles. The minimum atomic E-state index is -4.19. The van der Waals surface area contributed by atoms with Gasteiger partial charge in [-0.05, 0) is 13.1 Å². The number of hydrogen-bond donors (Lipinski definition) is 1. The van der Waals surface area contributed by atoms with Crippen molar-refractivity contribution in [2.75, 3.05) is 19.3 Å². The number of anilines is 1. The van der Waals surface area contributed by atoms with E-state index in [1.165, 1.54) is 13.2 Å². The Hall–Kier alpha value is -1.30. The van der Waals surface area contributed by atoms with E-state index >= 15 is 0 Å². The normalized spacial score (nSPS) is 12.1. The highest BCUT2D eigenvalue weighted by molar-refractivity contribution is 5.38. The second kappa shape index (κ2) is 4.48. The number of rotatable bonds is 3. The van der Waals surface area contributed by atoms with Gasteiger partial charge in [-0.2, -0.15) is 13.2 Å². The first-order valence-corrected chi connectivity index (χ1v) is 4.33. The van der Waals surface area contributed by atoms with Crippen LogP contribution in [0.4, 0.5) is 19.0 Å². The third kappa shape index (κ3) is 4.16. The average Bonchev–Trinajstić information content (AvgIpc) is 2.05. The molecule has 15 heavy (non-hydrogen) atoms. The van der Waals surface area contributed by atoms with Gasteiger partial charge in [-0.25, -0.2) is 4.98 Å². The molecular weight excluding hydrogens is 207 g/mol. The van der Waals surface area contributed by atoms with Gasteiger partial charge in [0.25, 0.3) is 0 Å². The van der Waals surface area contributed by atoms with Crippen molar-refractivity contribution < 1.29 is 13.2 Å². The second-order valence-corrected chi connectivity index (χ2v) is 3.34. The first-order valence-electron chi connectivity index (χ1n) is 4.33. The molecule has 0 aliphatic carbocycles. The van der Waals surface area contributed by atoms with Gasteiger partial charge in [-0.1, -0.05) is 6.07 Å². The van der Waals surface area contributed by atoms with Gasteiger partial charge in [0.1, 0.15) is 5.82 Å². The largest absolute Gasteiger partial charge is 0.401 e. The van der Waals surface area contributed by atoms with Gasteiger partial charge in [0.2, 0.25) is 0 Å². The summed E-state index contributed by atoms with van der Waals surface area (Å²) in [6.45, 7) is -0.819. The van der Waals surface area contributed by atoms with Crippen molar-refractivity contribution in [1.29, 1.82) is 0 Å². The SMILES string of the molecule is CN(Cc1cccnc1N)CC(F)(F)F. The summed E-state index contributed by atoms with van der Waals surface area (Å²) in [4.78, 5) is 4.94. The zero-order valence-electron chi connectivity index (χ0n) is 8.25. The number of alkyl halides is 3. The van der Waals surface area contributed by atoms with Gasteiger partial charge >= 0.3 is 6.18 Å². The third-order valence-electron chi connectivity index (χ3n) is 1.82. The molecule has 2 N–H and O–H groups in total. The highest BCUT2D eigenvalue weighted by atomic mass is 19.4. The van der Waals surface area contributed by atoms with E-state index in [1.54, 1.807) is 12.1 Å². The molecule has 3 nitrogen and oxygen atoms in total. The fourth-order valence-corrected chi connectivity index (χ4v) is 1.24. The van der Waals surface area contributed by atoms with E-state index < -0.39 is 12.7 Å². The van der Waals surface area contributed by atoms with Crippen LogP contribution < -0.4 is 5.73 Å². The number of nitrogens with zero attached hydrogens (tertiary/aromatic N) is 2. The molecule has 0 aliphatic heterocycles. The molecule has 1 aromatic heterocycles. The van der Waals surface area contributed by atoms with Crippen molar-refractivity contribution in [3.05, 3.63) is 23.9 Å². The van der Waals surface area contributed by atoms with Crippen LogP contribution in [0.3, 0.4) is 0 Å². The molecule has 0 aliphatic rings. The van der Waals surface area contributed by atoms with Crippen molar-refractivity contribution in [1.82, 2.24) is 9.88 Å². The topological polar surface area (TPSA) is 42.2 Å². The minimum absolute atomic E-state index is 0.138. The van der Waals surface area contributed by atoms with Crippen LogP contribution in [0.1, 0.15) is 5.56 Å². The van der Waals surface area contributed by atoms with E-state index in [0.29, 0.717) is 5.56 Å². The Labute approximate surface area is 85.7 Å². The highest BCUT2D eigenvalue weighted by Crippen LogP contribution is 2.17. The first-order chi connectivity index (χ1) is 6.88. The Morgan fingerprint density at radius 2 is 2.13 bits per heavy atom. The summed E-state index contributed by atoms with van der Waals surface area (Å²) < 4.78 is 36.1. The second-order valence-electron chi connectivity index (χ2n) is 3.34.